The Kier molecular flexibility index (Phi) is 3.29. The van der Waals surface area contributed by atoms with Gasteiger partial charge in [-0.15, -0.1) is 0 Å². The van der Waals surface area contributed by atoms with Crippen LogP contribution in [0.3, 0.4) is 0 Å². The molecule has 1 heterocycles. The van der Waals surface area contributed by atoms with Crippen LogP contribution in [0.25, 0.3) is 11.3 Å². The SMILES string of the molecule is CCc1c(-c2ccccc2)nc(NN)n(N)c1=O. The summed E-state index contributed by atoms with van der Waals surface area (Å²) < 4.78 is 0.922. The summed E-state index contributed by atoms with van der Waals surface area (Å²) in [5.41, 5.74) is 4.08. The van der Waals surface area contributed by atoms with Crippen LogP contribution in [0.4, 0.5) is 5.95 Å². The van der Waals surface area contributed by atoms with Gasteiger partial charge < -0.3 is 5.84 Å². The third-order valence-electron chi connectivity index (χ3n) is 2.74. The fraction of sp³-hybridized carbons (Fsp3) is 0.167. The number of aromatic nitrogens is 2. The number of hydrogen-bond acceptors (Lipinski definition) is 5. The van der Waals surface area contributed by atoms with Crippen molar-refractivity contribution in [3.05, 3.63) is 46.2 Å². The monoisotopic (exact) mass is 245 g/mol. The van der Waals surface area contributed by atoms with E-state index < -0.39 is 0 Å². The van der Waals surface area contributed by atoms with Gasteiger partial charge in [0.2, 0.25) is 5.95 Å². The van der Waals surface area contributed by atoms with E-state index in [2.05, 4.69) is 10.4 Å². The normalized spacial score (nSPS) is 10.3. The van der Waals surface area contributed by atoms with Gasteiger partial charge in [-0.1, -0.05) is 37.3 Å². The predicted octanol–water partition coefficient (Wildman–Crippen LogP) is 0.472. The molecule has 0 unspecified atom stereocenters. The Morgan fingerprint density at radius 3 is 2.56 bits per heavy atom. The van der Waals surface area contributed by atoms with E-state index in [1.165, 1.54) is 0 Å². The van der Waals surface area contributed by atoms with Gasteiger partial charge in [0.05, 0.1) is 5.69 Å². The molecule has 5 N–H and O–H groups in total. The smallest absolute Gasteiger partial charge is 0.277 e. The van der Waals surface area contributed by atoms with Crippen LogP contribution in [0.1, 0.15) is 12.5 Å². The van der Waals surface area contributed by atoms with Crippen molar-refractivity contribution >= 4 is 5.95 Å². The minimum absolute atomic E-state index is 0.135. The van der Waals surface area contributed by atoms with Crippen LogP contribution in [0.15, 0.2) is 35.1 Å². The second kappa shape index (κ2) is 4.89. The molecule has 18 heavy (non-hydrogen) atoms. The zero-order valence-corrected chi connectivity index (χ0v) is 10.1. The van der Waals surface area contributed by atoms with Crippen molar-refractivity contribution in [2.45, 2.75) is 13.3 Å². The van der Waals surface area contributed by atoms with Crippen LogP contribution < -0.4 is 22.7 Å². The van der Waals surface area contributed by atoms with E-state index in [0.29, 0.717) is 17.7 Å². The van der Waals surface area contributed by atoms with Crippen molar-refractivity contribution in [3.8, 4) is 11.3 Å². The van der Waals surface area contributed by atoms with Crippen molar-refractivity contribution in [3.63, 3.8) is 0 Å². The van der Waals surface area contributed by atoms with E-state index >= 15 is 0 Å². The van der Waals surface area contributed by atoms with Crippen LogP contribution >= 0.6 is 0 Å². The fourth-order valence-corrected chi connectivity index (χ4v) is 1.83. The maximum atomic E-state index is 12.1. The first kappa shape index (κ1) is 12.1. The summed E-state index contributed by atoms with van der Waals surface area (Å²) in [7, 11) is 0. The fourth-order valence-electron chi connectivity index (χ4n) is 1.83. The number of nitrogens with two attached hydrogens (primary N) is 2. The molecule has 0 radical (unpaired) electrons. The van der Waals surface area contributed by atoms with Crippen molar-refractivity contribution in [1.82, 2.24) is 9.66 Å². The molecule has 0 atom stereocenters. The summed E-state index contributed by atoms with van der Waals surface area (Å²) in [6.45, 7) is 1.89. The molecule has 1 aromatic heterocycles. The molecule has 0 saturated carbocycles. The molecule has 0 amide bonds. The summed E-state index contributed by atoms with van der Waals surface area (Å²) in [6.07, 6.45) is 0.554. The van der Waals surface area contributed by atoms with E-state index in [1.54, 1.807) is 0 Å². The number of nitrogen functional groups attached to an aromatic ring is 2. The highest BCUT2D eigenvalue weighted by molar-refractivity contribution is 5.64. The van der Waals surface area contributed by atoms with E-state index in [9.17, 15) is 4.79 Å². The van der Waals surface area contributed by atoms with Crippen LogP contribution in [0, 0.1) is 0 Å². The van der Waals surface area contributed by atoms with Gasteiger partial charge in [-0.2, -0.15) is 4.68 Å². The maximum Gasteiger partial charge on any atom is 0.277 e. The zero-order chi connectivity index (χ0) is 13.1. The van der Waals surface area contributed by atoms with Crippen LogP contribution in [0.2, 0.25) is 0 Å². The minimum Gasteiger partial charge on any atom is -0.333 e. The number of nitrogens with one attached hydrogen (secondary N) is 1. The van der Waals surface area contributed by atoms with Crippen molar-refractivity contribution in [1.29, 1.82) is 0 Å². The van der Waals surface area contributed by atoms with E-state index in [4.69, 9.17) is 11.7 Å². The number of rotatable bonds is 3. The van der Waals surface area contributed by atoms with E-state index in [1.807, 2.05) is 37.3 Å². The quantitative estimate of drug-likeness (QED) is 0.539. The minimum atomic E-state index is -0.292. The van der Waals surface area contributed by atoms with Gasteiger partial charge in [0.15, 0.2) is 0 Å². The lowest BCUT2D eigenvalue weighted by Gasteiger charge is -2.12. The lowest BCUT2D eigenvalue weighted by Crippen LogP contribution is -2.35. The van der Waals surface area contributed by atoms with Crippen molar-refractivity contribution in [2.75, 3.05) is 11.3 Å². The first-order chi connectivity index (χ1) is 8.69. The Morgan fingerprint density at radius 1 is 1.33 bits per heavy atom. The third-order valence-corrected chi connectivity index (χ3v) is 2.74. The van der Waals surface area contributed by atoms with Gasteiger partial charge in [-0.05, 0) is 6.42 Å². The first-order valence-electron chi connectivity index (χ1n) is 5.62. The Morgan fingerprint density at radius 2 is 2.00 bits per heavy atom. The molecule has 0 saturated heterocycles. The van der Waals surface area contributed by atoms with Crippen molar-refractivity contribution in [2.24, 2.45) is 5.84 Å². The standard InChI is InChI=1S/C12H15N5O/c1-2-9-10(8-6-4-3-5-7-8)15-12(16-13)17(14)11(9)18/h3-7H,2,13-14H2,1H3,(H,15,16). The molecule has 6 heteroatoms. The highest BCUT2D eigenvalue weighted by atomic mass is 16.1. The molecule has 2 aromatic rings. The van der Waals surface area contributed by atoms with E-state index in [0.717, 1.165) is 10.2 Å². The summed E-state index contributed by atoms with van der Waals surface area (Å²) in [6, 6.07) is 9.46. The number of nitrogens with zero attached hydrogens (tertiary/aromatic N) is 2. The number of hydrogen-bond donors (Lipinski definition) is 3. The Hall–Kier alpha value is -2.34. The molecule has 94 valence electrons. The summed E-state index contributed by atoms with van der Waals surface area (Å²) >= 11 is 0. The lowest BCUT2D eigenvalue weighted by atomic mass is 10.1. The molecule has 0 aliphatic carbocycles. The topological polar surface area (TPSA) is 99.0 Å². The predicted molar refractivity (Wildman–Crippen MR) is 71.3 cm³/mol. The number of hydrazine groups is 1. The molecule has 2 rings (SSSR count). The average Bonchev–Trinajstić information content (AvgIpc) is 2.42. The van der Waals surface area contributed by atoms with Gasteiger partial charge in [0.25, 0.3) is 5.56 Å². The molecule has 0 aliphatic heterocycles. The third kappa shape index (κ3) is 1.93. The maximum absolute atomic E-state index is 12.1. The van der Waals surface area contributed by atoms with Gasteiger partial charge >= 0.3 is 0 Å². The average molecular weight is 245 g/mol. The number of benzene rings is 1. The zero-order valence-electron chi connectivity index (χ0n) is 10.1. The molecule has 0 spiro atoms. The lowest BCUT2D eigenvalue weighted by molar-refractivity contribution is 0.859. The van der Waals surface area contributed by atoms with Gasteiger partial charge in [0.1, 0.15) is 0 Å². The van der Waals surface area contributed by atoms with Crippen LogP contribution in [-0.4, -0.2) is 9.66 Å². The second-order valence-electron chi connectivity index (χ2n) is 3.80. The highest BCUT2D eigenvalue weighted by Gasteiger charge is 2.14. The molecular formula is C12H15N5O. The largest absolute Gasteiger partial charge is 0.333 e. The number of anilines is 1. The van der Waals surface area contributed by atoms with Gasteiger partial charge in [-0.25, -0.2) is 10.8 Å². The molecule has 0 aliphatic rings. The van der Waals surface area contributed by atoms with Gasteiger partial charge in [0, 0.05) is 11.1 Å². The summed E-state index contributed by atoms with van der Waals surface area (Å²) in [4.78, 5) is 16.4. The highest BCUT2D eigenvalue weighted by Crippen LogP contribution is 2.20. The Labute approximate surface area is 104 Å². The van der Waals surface area contributed by atoms with Gasteiger partial charge in [-0.3, -0.25) is 10.2 Å². The first-order valence-corrected chi connectivity index (χ1v) is 5.62. The second-order valence-corrected chi connectivity index (χ2v) is 3.80. The molecule has 0 bridgehead atoms. The molecular weight excluding hydrogens is 230 g/mol. The summed E-state index contributed by atoms with van der Waals surface area (Å²) in [5, 5.41) is 0. The van der Waals surface area contributed by atoms with Crippen LogP contribution in [0.5, 0.6) is 0 Å². The summed E-state index contributed by atoms with van der Waals surface area (Å²) in [5.74, 6) is 11.1. The van der Waals surface area contributed by atoms with Crippen molar-refractivity contribution < 1.29 is 0 Å². The molecule has 6 nitrogen and oxygen atoms in total. The Bertz CT molecular complexity index is 606. The molecule has 1 aromatic carbocycles. The van der Waals surface area contributed by atoms with E-state index in [-0.39, 0.29) is 11.5 Å². The molecule has 0 fully saturated rings. The Balaban J connectivity index is 2.74. The van der Waals surface area contributed by atoms with Crippen LogP contribution in [-0.2, 0) is 6.42 Å².